The molecule has 0 saturated heterocycles. The van der Waals surface area contributed by atoms with Crippen molar-refractivity contribution in [3.8, 4) is 0 Å². The maximum atomic E-state index is 13.8. The molecule has 0 radical (unpaired) electrons. The van der Waals surface area contributed by atoms with Gasteiger partial charge >= 0.3 is 6.18 Å². The number of carbonyl (C=O) groups is 1. The first-order valence-corrected chi connectivity index (χ1v) is 10.6. The third kappa shape index (κ3) is 3.93. The van der Waals surface area contributed by atoms with E-state index < -0.39 is 24.2 Å². The van der Waals surface area contributed by atoms with Crippen molar-refractivity contribution in [3.63, 3.8) is 0 Å². The van der Waals surface area contributed by atoms with Crippen molar-refractivity contribution in [1.82, 2.24) is 24.5 Å². The summed E-state index contributed by atoms with van der Waals surface area (Å²) in [6.07, 6.45) is -4.66. The summed E-state index contributed by atoms with van der Waals surface area (Å²) >= 11 is 1.40. The van der Waals surface area contributed by atoms with Gasteiger partial charge in [0.25, 0.3) is 5.91 Å². The van der Waals surface area contributed by atoms with E-state index in [9.17, 15) is 18.0 Å². The number of aromatic nitrogens is 4. The van der Waals surface area contributed by atoms with Gasteiger partial charge in [-0.25, -0.2) is 4.68 Å². The summed E-state index contributed by atoms with van der Waals surface area (Å²) < 4.78 is 44.0. The van der Waals surface area contributed by atoms with Crippen LogP contribution in [0.4, 0.5) is 19.0 Å². The molecule has 0 spiro atoms. The summed E-state index contributed by atoms with van der Waals surface area (Å²) in [6, 6.07) is 2.73. The van der Waals surface area contributed by atoms with Crippen molar-refractivity contribution in [3.05, 3.63) is 51.1 Å². The number of aryl methyl sites for hydroxylation is 2. The molecule has 4 rings (SSSR count). The largest absolute Gasteiger partial charge is 0.410 e. The predicted molar refractivity (Wildman–Crippen MR) is 111 cm³/mol. The number of halogens is 3. The fourth-order valence-electron chi connectivity index (χ4n) is 3.90. The number of carbonyl (C=O) groups excluding carboxylic acids is 1. The van der Waals surface area contributed by atoms with Gasteiger partial charge in [-0.15, -0.1) is 11.3 Å². The Morgan fingerprint density at radius 2 is 2.10 bits per heavy atom. The summed E-state index contributed by atoms with van der Waals surface area (Å²) in [7, 11) is 3.43. The summed E-state index contributed by atoms with van der Waals surface area (Å²) in [5, 5.41) is 13.3. The minimum Gasteiger partial charge on any atom is -0.363 e. The van der Waals surface area contributed by atoms with Gasteiger partial charge in [0, 0.05) is 49.3 Å². The molecule has 4 heterocycles. The van der Waals surface area contributed by atoms with E-state index in [1.165, 1.54) is 22.3 Å². The van der Waals surface area contributed by atoms with Crippen LogP contribution in [0.15, 0.2) is 23.6 Å². The van der Waals surface area contributed by atoms with Gasteiger partial charge in [0.2, 0.25) is 0 Å². The third-order valence-electron chi connectivity index (χ3n) is 5.70. The van der Waals surface area contributed by atoms with Crippen LogP contribution in [0.2, 0.25) is 0 Å². The fraction of sp³-hybridized carbons (Fsp3) is 0.450. The number of alkyl halides is 3. The van der Waals surface area contributed by atoms with E-state index in [4.69, 9.17) is 0 Å². The molecule has 166 valence electrons. The van der Waals surface area contributed by atoms with E-state index >= 15 is 0 Å². The Morgan fingerprint density at radius 3 is 2.68 bits per heavy atom. The van der Waals surface area contributed by atoms with Crippen LogP contribution in [0.1, 0.15) is 50.8 Å². The van der Waals surface area contributed by atoms with E-state index in [1.807, 2.05) is 32.3 Å². The lowest BCUT2D eigenvalue weighted by Crippen LogP contribution is -2.35. The van der Waals surface area contributed by atoms with Crippen LogP contribution >= 0.6 is 11.3 Å². The highest BCUT2D eigenvalue weighted by molar-refractivity contribution is 7.10. The van der Waals surface area contributed by atoms with Crippen molar-refractivity contribution in [2.75, 3.05) is 12.4 Å². The lowest BCUT2D eigenvalue weighted by Gasteiger charge is -2.32. The number of nitrogens with one attached hydrogen (secondary N) is 1. The number of thiophene rings is 1. The molecule has 1 aliphatic rings. The Labute approximate surface area is 181 Å². The number of fused-ring (bicyclic) bond motifs is 1. The second-order valence-corrected chi connectivity index (χ2v) is 8.78. The lowest BCUT2D eigenvalue weighted by molar-refractivity contribution is -0.173. The Kier molecular flexibility index (Phi) is 5.32. The zero-order valence-electron chi connectivity index (χ0n) is 17.6. The van der Waals surface area contributed by atoms with E-state index in [2.05, 4.69) is 15.5 Å². The topological polar surface area (TPSA) is 68.0 Å². The molecular weight excluding hydrogens is 429 g/mol. The van der Waals surface area contributed by atoms with Gasteiger partial charge in [-0.05, 0) is 25.3 Å². The highest BCUT2D eigenvalue weighted by Crippen LogP contribution is 2.44. The average molecular weight is 453 g/mol. The van der Waals surface area contributed by atoms with Gasteiger partial charge in [0.05, 0.1) is 11.7 Å². The number of nitrogens with zero attached hydrogens (tertiary/aromatic N) is 5. The number of amides is 1. The molecule has 0 fully saturated rings. The summed E-state index contributed by atoms with van der Waals surface area (Å²) in [5.74, 6) is -0.252. The monoisotopic (exact) mass is 452 g/mol. The van der Waals surface area contributed by atoms with Gasteiger partial charge in [-0.2, -0.15) is 23.4 Å². The van der Waals surface area contributed by atoms with E-state index in [0.29, 0.717) is 6.54 Å². The van der Waals surface area contributed by atoms with Crippen molar-refractivity contribution in [2.45, 2.75) is 45.1 Å². The summed E-state index contributed by atoms with van der Waals surface area (Å²) in [4.78, 5) is 15.2. The Hall–Kier alpha value is -2.82. The predicted octanol–water partition coefficient (Wildman–Crippen LogP) is 4.23. The molecular formula is C20H23F3N6OS. The molecule has 1 N–H and O–H groups in total. The van der Waals surface area contributed by atoms with Gasteiger partial charge < -0.3 is 10.2 Å². The first-order chi connectivity index (χ1) is 14.6. The number of hydrogen-bond donors (Lipinski definition) is 1. The summed E-state index contributed by atoms with van der Waals surface area (Å²) in [6.45, 7) is 4.06. The standard InChI is InChI=1S/C20H23F3N6OS/c1-11-13(12(2)28(4)25-11)10-27(3)19(30)15-9-18-24-14(16-6-5-7-31-16)8-17(20(21,22)23)29(18)26-15/h5-7,9,14,17,24H,8,10H2,1-4H3/t14-,17+/m0/s1. The zero-order chi connectivity index (χ0) is 22.5. The second kappa shape index (κ2) is 7.70. The molecule has 0 saturated carbocycles. The average Bonchev–Trinajstić information content (AvgIpc) is 3.42. The third-order valence-corrected chi connectivity index (χ3v) is 6.68. The van der Waals surface area contributed by atoms with Gasteiger partial charge in [0.1, 0.15) is 5.82 Å². The van der Waals surface area contributed by atoms with E-state index in [0.717, 1.165) is 26.5 Å². The number of hydrogen-bond acceptors (Lipinski definition) is 5. The molecule has 3 aromatic rings. The first kappa shape index (κ1) is 21.4. The SMILES string of the molecule is Cc1nn(C)c(C)c1CN(C)C(=O)c1cc2n(n1)[C@@H](C(F)(F)F)C[C@@H](c1cccs1)N2. The lowest BCUT2D eigenvalue weighted by atomic mass is 10.0. The summed E-state index contributed by atoms with van der Waals surface area (Å²) in [5.41, 5.74) is 2.62. The second-order valence-electron chi connectivity index (χ2n) is 7.80. The smallest absolute Gasteiger partial charge is 0.363 e. The molecule has 0 bridgehead atoms. The van der Waals surface area contributed by atoms with Crippen molar-refractivity contribution >= 4 is 23.1 Å². The highest BCUT2D eigenvalue weighted by Gasteiger charge is 2.47. The molecule has 0 unspecified atom stereocenters. The Bertz CT molecular complexity index is 1100. The Morgan fingerprint density at radius 1 is 1.35 bits per heavy atom. The highest BCUT2D eigenvalue weighted by atomic mass is 32.1. The van der Waals surface area contributed by atoms with Crippen LogP contribution in [0, 0.1) is 13.8 Å². The first-order valence-electron chi connectivity index (χ1n) is 9.77. The molecule has 0 aromatic carbocycles. The van der Waals surface area contributed by atoms with Gasteiger partial charge in [-0.1, -0.05) is 6.07 Å². The molecule has 31 heavy (non-hydrogen) atoms. The number of rotatable bonds is 4. The van der Waals surface area contributed by atoms with Crippen LogP contribution in [-0.4, -0.2) is 43.6 Å². The molecule has 2 atom stereocenters. The molecule has 3 aromatic heterocycles. The van der Waals surface area contributed by atoms with Crippen LogP contribution in [-0.2, 0) is 13.6 Å². The van der Waals surface area contributed by atoms with Crippen molar-refractivity contribution < 1.29 is 18.0 Å². The molecule has 7 nitrogen and oxygen atoms in total. The minimum absolute atomic E-state index is 0.0229. The van der Waals surface area contributed by atoms with Crippen molar-refractivity contribution in [1.29, 1.82) is 0 Å². The molecule has 11 heteroatoms. The van der Waals surface area contributed by atoms with E-state index in [-0.39, 0.29) is 17.9 Å². The molecule has 1 aliphatic heterocycles. The normalized spacial score (nSPS) is 18.5. The zero-order valence-corrected chi connectivity index (χ0v) is 18.4. The molecule has 1 amide bonds. The van der Waals surface area contributed by atoms with Crippen LogP contribution < -0.4 is 5.32 Å². The Balaban J connectivity index is 1.62. The number of anilines is 1. The van der Waals surface area contributed by atoms with Gasteiger partial charge in [-0.3, -0.25) is 9.48 Å². The maximum Gasteiger partial charge on any atom is 0.410 e. The molecule has 0 aliphatic carbocycles. The van der Waals surface area contributed by atoms with Crippen LogP contribution in [0.3, 0.4) is 0 Å². The maximum absolute atomic E-state index is 13.8. The van der Waals surface area contributed by atoms with E-state index in [1.54, 1.807) is 17.8 Å². The minimum atomic E-state index is -4.48. The van der Waals surface area contributed by atoms with Crippen LogP contribution in [0.25, 0.3) is 0 Å². The van der Waals surface area contributed by atoms with Crippen molar-refractivity contribution in [2.24, 2.45) is 7.05 Å². The van der Waals surface area contributed by atoms with Gasteiger partial charge in [0.15, 0.2) is 11.7 Å². The van der Waals surface area contributed by atoms with Crippen LogP contribution in [0.5, 0.6) is 0 Å². The quantitative estimate of drug-likeness (QED) is 0.644. The fourth-order valence-corrected chi connectivity index (χ4v) is 4.70.